The van der Waals surface area contributed by atoms with Crippen LogP contribution < -0.4 is 15.0 Å². The maximum atomic E-state index is 13.4. The monoisotopic (exact) mass is 510 g/mol. The number of hydrogen-bond donors (Lipinski definition) is 1. The predicted molar refractivity (Wildman–Crippen MR) is 145 cm³/mol. The fraction of sp³-hybridized carbons (Fsp3) is 0.600. The Hall–Kier alpha value is -2.80. The number of fused-ring (bicyclic) bond motifs is 5. The molecule has 3 aliphatic heterocycles. The van der Waals surface area contributed by atoms with E-state index in [2.05, 4.69) is 63.4 Å². The van der Waals surface area contributed by atoms with Gasteiger partial charge < -0.3 is 24.4 Å². The number of ether oxygens (including phenoxy) is 3. The van der Waals surface area contributed by atoms with E-state index in [0.717, 1.165) is 48.2 Å². The summed E-state index contributed by atoms with van der Waals surface area (Å²) < 4.78 is 17.4. The number of benzene rings is 1. The number of rotatable bonds is 3. The maximum Gasteiger partial charge on any atom is 0.407 e. The number of epoxide rings is 1. The lowest BCUT2D eigenvalue weighted by atomic mass is 9.91. The van der Waals surface area contributed by atoms with E-state index < -0.39 is 0 Å². The number of amides is 2. The van der Waals surface area contributed by atoms with Gasteiger partial charge in [-0.1, -0.05) is 37.6 Å². The zero-order chi connectivity index (χ0) is 26.7. The molecule has 2 fully saturated rings. The Kier molecular flexibility index (Phi) is 8.32. The Morgan fingerprint density at radius 2 is 2.05 bits per heavy atom. The zero-order valence-corrected chi connectivity index (χ0v) is 23.1. The molecule has 2 saturated heterocycles. The number of anilines is 1. The summed E-state index contributed by atoms with van der Waals surface area (Å²) in [5.74, 6) is 1.14. The van der Waals surface area contributed by atoms with E-state index in [-0.39, 0.29) is 41.8 Å². The topological polar surface area (TPSA) is 80.4 Å². The van der Waals surface area contributed by atoms with Gasteiger partial charge in [0.1, 0.15) is 11.9 Å². The lowest BCUT2D eigenvalue weighted by molar-refractivity contribution is -0.118. The molecule has 3 heterocycles. The summed E-state index contributed by atoms with van der Waals surface area (Å²) in [6.07, 6.45) is 10.6. The van der Waals surface area contributed by atoms with Crippen LogP contribution in [0.15, 0.2) is 35.9 Å². The Morgan fingerprint density at radius 3 is 2.78 bits per heavy atom. The van der Waals surface area contributed by atoms with Gasteiger partial charge in [-0.05, 0) is 63.1 Å². The molecule has 1 aromatic carbocycles. The minimum Gasteiger partial charge on any atom is -0.496 e. The van der Waals surface area contributed by atoms with E-state index in [1.54, 1.807) is 12.0 Å². The minimum absolute atomic E-state index is 0.00976. The number of hydrogen-bond acceptors (Lipinski definition) is 5. The number of carbonyl (C=O) groups is 2. The second-order valence-corrected chi connectivity index (χ2v) is 11.1. The van der Waals surface area contributed by atoms with Crippen molar-refractivity contribution in [2.24, 2.45) is 0 Å². The summed E-state index contributed by atoms with van der Waals surface area (Å²) in [6.45, 7) is 8.50. The van der Waals surface area contributed by atoms with Gasteiger partial charge in [0.25, 0.3) is 0 Å². The van der Waals surface area contributed by atoms with Crippen molar-refractivity contribution in [3.63, 3.8) is 0 Å². The van der Waals surface area contributed by atoms with Crippen molar-refractivity contribution in [1.29, 1.82) is 0 Å². The molecule has 5 atom stereocenters. The van der Waals surface area contributed by atoms with E-state index in [4.69, 9.17) is 14.2 Å². The van der Waals surface area contributed by atoms with E-state index in [9.17, 15) is 9.59 Å². The van der Waals surface area contributed by atoms with Gasteiger partial charge in [0.2, 0.25) is 5.91 Å². The second-order valence-electron chi connectivity index (χ2n) is 11.1. The Balaban J connectivity index is 1.67. The number of allylic oxidation sites excluding steroid dienone is 3. The molecule has 7 nitrogen and oxygen atoms in total. The highest BCUT2D eigenvalue weighted by Crippen LogP contribution is 2.45. The summed E-state index contributed by atoms with van der Waals surface area (Å²) in [6, 6.07) is 4.29. The number of methoxy groups -OCH3 is 1. The number of nitrogens with one attached hydrogen (secondary N) is 1. The summed E-state index contributed by atoms with van der Waals surface area (Å²) >= 11 is 0. The molecule has 0 saturated carbocycles. The molecule has 0 aliphatic carbocycles. The molecule has 2 amide bonds. The smallest absolute Gasteiger partial charge is 0.407 e. The third-order valence-electron chi connectivity index (χ3n) is 8.15. The third-order valence-corrected chi connectivity index (χ3v) is 8.15. The fourth-order valence-corrected chi connectivity index (χ4v) is 5.55. The van der Waals surface area contributed by atoms with Crippen LogP contribution in [0.2, 0.25) is 0 Å². The van der Waals surface area contributed by atoms with Crippen LogP contribution in [0.4, 0.5) is 10.5 Å². The van der Waals surface area contributed by atoms with Crippen molar-refractivity contribution in [2.75, 3.05) is 19.1 Å². The third kappa shape index (κ3) is 6.38. The molecule has 4 bridgehead atoms. The predicted octanol–water partition coefficient (Wildman–Crippen LogP) is 5.82. The lowest BCUT2D eigenvalue weighted by Crippen LogP contribution is -2.45. The Morgan fingerprint density at radius 1 is 1.27 bits per heavy atom. The van der Waals surface area contributed by atoms with Gasteiger partial charge in [0.15, 0.2) is 0 Å². The van der Waals surface area contributed by atoms with Gasteiger partial charge in [-0.25, -0.2) is 4.79 Å². The highest BCUT2D eigenvalue weighted by atomic mass is 16.6. The maximum absolute atomic E-state index is 13.4. The van der Waals surface area contributed by atoms with Crippen LogP contribution in [-0.4, -0.2) is 50.0 Å². The Labute approximate surface area is 221 Å². The van der Waals surface area contributed by atoms with Crippen LogP contribution in [0, 0.1) is 0 Å². The molecule has 202 valence electrons. The van der Waals surface area contributed by atoms with Crippen molar-refractivity contribution in [3.8, 4) is 5.75 Å². The van der Waals surface area contributed by atoms with E-state index in [1.807, 2.05) is 7.05 Å². The molecule has 0 aromatic heterocycles. The van der Waals surface area contributed by atoms with E-state index in [0.29, 0.717) is 19.3 Å². The first-order valence-corrected chi connectivity index (χ1v) is 13.6. The average molecular weight is 511 g/mol. The number of nitrogens with zero attached hydrogens (tertiary/aromatic N) is 1. The quantitative estimate of drug-likeness (QED) is 0.519. The highest BCUT2D eigenvalue weighted by Gasteiger charge is 2.53. The van der Waals surface area contributed by atoms with Gasteiger partial charge in [-0.15, -0.1) is 0 Å². The molecule has 7 heteroatoms. The van der Waals surface area contributed by atoms with Crippen molar-refractivity contribution in [3.05, 3.63) is 47.1 Å². The fourth-order valence-electron chi connectivity index (χ4n) is 5.55. The van der Waals surface area contributed by atoms with Crippen LogP contribution in [-0.2, 0) is 20.7 Å². The standard InChI is InChI=1S/C30H42N2O5/c1-7-20(3)28-24-15-21(16-25(28)35-6)14-19(2)10-8-9-11-22-17-23(36-29(34)31-22)18-26-30(4,37-26)13-12-27(33)32(24)5/h8-10,15-16,20,22-23,26H,7,11-14,17-18H2,1-6H3,(H,31,34)/b9-8+,19-10+. The van der Waals surface area contributed by atoms with Crippen LogP contribution in [0.5, 0.6) is 5.75 Å². The lowest BCUT2D eigenvalue weighted by Gasteiger charge is -2.29. The number of alkyl carbamates (subject to hydrolysis) is 1. The van der Waals surface area contributed by atoms with Gasteiger partial charge in [-0.3, -0.25) is 4.79 Å². The second kappa shape index (κ2) is 11.3. The number of carbonyl (C=O) groups excluding carboxylic acids is 2. The molecule has 1 aromatic rings. The van der Waals surface area contributed by atoms with Gasteiger partial charge >= 0.3 is 6.09 Å². The SMILES string of the molecule is CCC(C)c1c(OC)cc2cc1N(C)C(=O)CCC1(C)OC1CC1CC(C/C=C/C=C(\C)C2)NC(=O)O1. The summed E-state index contributed by atoms with van der Waals surface area (Å²) in [5.41, 5.74) is 3.93. The van der Waals surface area contributed by atoms with Crippen LogP contribution in [0.3, 0.4) is 0 Å². The first kappa shape index (κ1) is 27.2. The molecule has 0 spiro atoms. The van der Waals surface area contributed by atoms with Gasteiger partial charge in [-0.2, -0.15) is 0 Å². The molecule has 37 heavy (non-hydrogen) atoms. The molecule has 3 aliphatic rings. The van der Waals surface area contributed by atoms with Gasteiger partial charge in [0.05, 0.1) is 24.5 Å². The first-order valence-electron chi connectivity index (χ1n) is 13.6. The van der Waals surface area contributed by atoms with Crippen LogP contribution in [0.1, 0.15) is 83.3 Å². The van der Waals surface area contributed by atoms with Crippen LogP contribution in [0.25, 0.3) is 0 Å². The van der Waals surface area contributed by atoms with Crippen LogP contribution >= 0.6 is 0 Å². The Bertz CT molecular complexity index is 1080. The minimum atomic E-state index is -0.369. The highest BCUT2D eigenvalue weighted by molar-refractivity contribution is 5.94. The average Bonchev–Trinajstić information content (AvgIpc) is 3.51. The molecule has 0 radical (unpaired) electrons. The van der Waals surface area contributed by atoms with Crippen molar-refractivity contribution in [1.82, 2.24) is 5.32 Å². The van der Waals surface area contributed by atoms with Crippen molar-refractivity contribution < 1.29 is 23.8 Å². The molecule has 5 unspecified atom stereocenters. The van der Waals surface area contributed by atoms with E-state index in [1.165, 1.54) is 5.57 Å². The molecular weight excluding hydrogens is 468 g/mol. The van der Waals surface area contributed by atoms with E-state index >= 15 is 0 Å². The normalized spacial score (nSPS) is 31.8. The largest absolute Gasteiger partial charge is 0.496 e. The molecule has 4 rings (SSSR count). The van der Waals surface area contributed by atoms with Gasteiger partial charge in [0, 0.05) is 37.9 Å². The summed E-state index contributed by atoms with van der Waals surface area (Å²) in [7, 11) is 3.57. The summed E-state index contributed by atoms with van der Waals surface area (Å²) in [5, 5.41) is 2.93. The molecule has 1 N–H and O–H groups in total. The summed E-state index contributed by atoms with van der Waals surface area (Å²) in [4.78, 5) is 27.4. The van der Waals surface area contributed by atoms with Crippen molar-refractivity contribution >= 4 is 17.7 Å². The van der Waals surface area contributed by atoms with Crippen molar-refractivity contribution in [2.45, 2.75) is 102 Å². The first-order chi connectivity index (χ1) is 17.6. The zero-order valence-electron chi connectivity index (χ0n) is 23.1. The molecular formula is C30H42N2O5.